The van der Waals surface area contributed by atoms with Gasteiger partial charge in [0.25, 0.3) is 0 Å². The molecule has 0 aliphatic heterocycles. The molecule has 0 radical (unpaired) electrons. The first kappa shape index (κ1) is 12.9. The van der Waals surface area contributed by atoms with Gasteiger partial charge in [0.15, 0.2) is 0 Å². The van der Waals surface area contributed by atoms with E-state index in [2.05, 4.69) is 12.2 Å². The molecule has 1 atom stereocenters. The van der Waals surface area contributed by atoms with Crippen molar-refractivity contribution in [2.75, 3.05) is 40.0 Å². The maximum absolute atomic E-state index is 5.55. The van der Waals surface area contributed by atoms with Gasteiger partial charge in [0, 0.05) is 26.9 Å². The van der Waals surface area contributed by atoms with Gasteiger partial charge in [-0.2, -0.15) is 0 Å². The number of ether oxygens (including phenoxy) is 2. The summed E-state index contributed by atoms with van der Waals surface area (Å²) in [5, 5.41) is 3.41. The summed E-state index contributed by atoms with van der Waals surface area (Å²) < 4.78 is 10.6. The summed E-state index contributed by atoms with van der Waals surface area (Å²) in [5.74, 6) is 1.49. The number of hydrogen-bond acceptors (Lipinski definition) is 3. The first-order chi connectivity index (χ1) is 7.33. The third-order valence-corrected chi connectivity index (χ3v) is 2.64. The van der Waals surface area contributed by atoms with E-state index < -0.39 is 0 Å². The van der Waals surface area contributed by atoms with Crippen LogP contribution in [0.4, 0.5) is 0 Å². The lowest BCUT2D eigenvalue weighted by atomic mass is 10.2. The molecule has 0 spiro atoms. The van der Waals surface area contributed by atoms with Crippen molar-refractivity contribution >= 4 is 0 Å². The molecule has 1 fully saturated rings. The molecule has 3 nitrogen and oxygen atoms in total. The highest BCUT2D eigenvalue weighted by atomic mass is 16.5. The summed E-state index contributed by atoms with van der Waals surface area (Å²) in [7, 11) is 1.75. The molecular weight excluding hydrogens is 190 g/mol. The van der Waals surface area contributed by atoms with Crippen molar-refractivity contribution in [2.24, 2.45) is 11.8 Å². The van der Waals surface area contributed by atoms with Crippen LogP contribution in [0.3, 0.4) is 0 Å². The zero-order valence-corrected chi connectivity index (χ0v) is 10.1. The fraction of sp³-hybridized carbons (Fsp3) is 1.00. The molecule has 1 aliphatic rings. The van der Waals surface area contributed by atoms with Gasteiger partial charge in [-0.15, -0.1) is 0 Å². The molecule has 0 heterocycles. The average molecular weight is 215 g/mol. The highest BCUT2D eigenvalue weighted by molar-refractivity contribution is 4.71. The Hall–Kier alpha value is -0.120. The molecule has 3 heteroatoms. The summed E-state index contributed by atoms with van der Waals surface area (Å²) in [6.07, 6.45) is 3.88. The van der Waals surface area contributed by atoms with Crippen molar-refractivity contribution in [1.82, 2.24) is 5.32 Å². The van der Waals surface area contributed by atoms with Crippen molar-refractivity contribution in [3.8, 4) is 0 Å². The minimum atomic E-state index is 0.599. The van der Waals surface area contributed by atoms with Gasteiger partial charge in [0.1, 0.15) is 0 Å². The van der Waals surface area contributed by atoms with E-state index in [1.807, 2.05) is 0 Å². The van der Waals surface area contributed by atoms with Gasteiger partial charge < -0.3 is 14.8 Å². The molecule has 1 unspecified atom stereocenters. The Labute approximate surface area is 93.5 Å². The zero-order valence-electron chi connectivity index (χ0n) is 10.1. The standard InChI is InChI=1S/C12H25NO2/c1-11(9-14-2)8-13-6-3-7-15-10-12-4-5-12/h11-13H,3-10H2,1-2H3. The Morgan fingerprint density at radius 3 is 2.87 bits per heavy atom. The number of rotatable bonds is 10. The second-order valence-electron chi connectivity index (χ2n) is 4.64. The smallest absolute Gasteiger partial charge is 0.0499 e. The van der Waals surface area contributed by atoms with Gasteiger partial charge >= 0.3 is 0 Å². The minimum Gasteiger partial charge on any atom is -0.384 e. The van der Waals surface area contributed by atoms with E-state index in [1.165, 1.54) is 12.8 Å². The van der Waals surface area contributed by atoms with Crippen molar-refractivity contribution in [3.63, 3.8) is 0 Å². The molecule has 1 saturated carbocycles. The summed E-state index contributed by atoms with van der Waals surface area (Å²) in [5.41, 5.74) is 0. The third-order valence-electron chi connectivity index (χ3n) is 2.64. The molecular formula is C12H25NO2. The third kappa shape index (κ3) is 7.77. The number of hydrogen-bond donors (Lipinski definition) is 1. The molecule has 15 heavy (non-hydrogen) atoms. The van der Waals surface area contributed by atoms with Crippen LogP contribution in [0.2, 0.25) is 0 Å². The normalized spacial score (nSPS) is 18.0. The van der Waals surface area contributed by atoms with E-state index in [0.717, 1.165) is 45.2 Å². The molecule has 90 valence electrons. The average Bonchev–Trinajstić information content (AvgIpc) is 3.00. The van der Waals surface area contributed by atoms with Gasteiger partial charge in [-0.1, -0.05) is 6.92 Å². The monoisotopic (exact) mass is 215 g/mol. The van der Waals surface area contributed by atoms with Crippen LogP contribution in [-0.2, 0) is 9.47 Å². The van der Waals surface area contributed by atoms with Crippen molar-refractivity contribution in [2.45, 2.75) is 26.2 Å². The van der Waals surface area contributed by atoms with Crippen LogP contribution in [0.1, 0.15) is 26.2 Å². The number of nitrogens with one attached hydrogen (secondary N) is 1. The van der Waals surface area contributed by atoms with E-state index in [0.29, 0.717) is 5.92 Å². The second-order valence-corrected chi connectivity index (χ2v) is 4.64. The Bertz CT molecular complexity index is 149. The maximum Gasteiger partial charge on any atom is 0.0499 e. The Kier molecular flexibility index (Phi) is 6.98. The fourth-order valence-corrected chi connectivity index (χ4v) is 1.53. The first-order valence-corrected chi connectivity index (χ1v) is 6.10. The van der Waals surface area contributed by atoms with Crippen LogP contribution in [0, 0.1) is 11.8 Å². The van der Waals surface area contributed by atoms with Crippen LogP contribution in [-0.4, -0.2) is 40.0 Å². The maximum atomic E-state index is 5.55. The first-order valence-electron chi connectivity index (χ1n) is 6.10. The van der Waals surface area contributed by atoms with Gasteiger partial charge in [0.05, 0.1) is 0 Å². The Morgan fingerprint density at radius 2 is 2.20 bits per heavy atom. The van der Waals surface area contributed by atoms with Gasteiger partial charge in [-0.3, -0.25) is 0 Å². The molecule has 0 aromatic carbocycles. The SMILES string of the molecule is COCC(C)CNCCCOCC1CC1. The van der Waals surface area contributed by atoms with E-state index in [4.69, 9.17) is 9.47 Å². The largest absolute Gasteiger partial charge is 0.384 e. The zero-order chi connectivity index (χ0) is 10.9. The molecule has 1 aliphatic carbocycles. The predicted molar refractivity (Wildman–Crippen MR) is 62.1 cm³/mol. The van der Waals surface area contributed by atoms with E-state index >= 15 is 0 Å². The summed E-state index contributed by atoms with van der Waals surface area (Å²) >= 11 is 0. The van der Waals surface area contributed by atoms with Gasteiger partial charge in [-0.25, -0.2) is 0 Å². The quantitative estimate of drug-likeness (QED) is 0.562. The fourth-order valence-electron chi connectivity index (χ4n) is 1.53. The van der Waals surface area contributed by atoms with Crippen LogP contribution >= 0.6 is 0 Å². The van der Waals surface area contributed by atoms with Crippen LogP contribution < -0.4 is 5.32 Å². The molecule has 0 saturated heterocycles. The van der Waals surface area contributed by atoms with Crippen molar-refractivity contribution in [1.29, 1.82) is 0 Å². The molecule has 1 rings (SSSR count). The van der Waals surface area contributed by atoms with Crippen molar-refractivity contribution in [3.05, 3.63) is 0 Å². The molecule has 1 N–H and O–H groups in total. The predicted octanol–water partition coefficient (Wildman–Crippen LogP) is 1.68. The topological polar surface area (TPSA) is 30.5 Å². The second kappa shape index (κ2) is 8.08. The van der Waals surface area contributed by atoms with Crippen LogP contribution in [0.25, 0.3) is 0 Å². The minimum absolute atomic E-state index is 0.599. The lowest BCUT2D eigenvalue weighted by Gasteiger charge is -2.11. The Balaban J connectivity index is 1.72. The van der Waals surface area contributed by atoms with Gasteiger partial charge in [0.2, 0.25) is 0 Å². The molecule has 0 bridgehead atoms. The lowest BCUT2D eigenvalue weighted by Crippen LogP contribution is -2.25. The Morgan fingerprint density at radius 1 is 1.40 bits per heavy atom. The molecule has 0 aromatic rings. The lowest BCUT2D eigenvalue weighted by molar-refractivity contribution is 0.121. The van der Waals surface area contributed by atoms with Crippen LogP contribution in [0.5, 0.6) is 0 Å². The van der Waals surface area contributed by atoms with Crippen molar-refractivity contribution < 1.29 is 9.47 Å². The number of methoxy groups -OCH3 is 1. The van der Waals surface area contributed by atoms with Gasteiger partial charge in [-0.05, 0) is 44.2 Å². The van der Waals surface area contributed by atoms with E-state index in [-0.39, 0.29) is 0 Å². The molecule has 0 aromatic heterocycles. The summed E-state index contributed by atoms with van der Waals surface area (Å²) in [4.78, 5) is 0. The van der Waals surface area contributed by atoms with E-state index in [1.54, 1.807) is 7.11 Å². The highest BCUT2D eigenvalue weighted by Gasteiger charge is 2.20. The summed E-state index contributed by atoms with van der Waals surface area (Å²) in [6, 6.07) is 0. The highest BCUT2D eigenvalue weighted by Crippen LogP contribution is 2.28. The summed E-state index contributed by atoms with van der Waals surface area (Å²) in [6.45, 7) is 7.02. The van der Waals surface area contributed by atoms with Crippen LogP contribution in [0.15, 0.2) is 0 Å². The molecule has 0 amide bonds. The van der Waals surface area contributed by atoms with E-state index in [9.17, 15) is 0 Å².